The molecule has 1 saturated carbocycles. The van der Waals surface area contributed by atoms with Gasteiger partial charge in [0, 0.05) is 0 Å². The molecule has 1 N–H and O–H groups in total. The first kappa shape index (κ1) is 14.6. The molecule has 0 aliphatic heterocycles. The van der Waals surface area contributed by atoms with Crippen LogP contribution in [0.4, 0.5) is 0 Å². The third-order valence-corrected chi connectivity index (χ3v) is 5.24. The third kappa shape index (κ3) is 2.47. The van der Waals surface area contributed by atoms with E-state index in [4.69, 9.17) is 0 Å². The summed E-state index contributed by atoms with van der Waals surface area (Å²) in [7, 11) is 4.22. The maximum atomic E-state index is 11.2. The van der Waals surface area contributed by atoms with Crippen LogP contribution in [0, 0.1) is 0 Å². The van der Waals surface area contributed by atoms with E-state index in [9.17, 15) is 5.11 Å². The van der Waals surface area contributed by atoms with E-state index in [2.05, 4.69) is 61.5 Å². The molecule has 0 bridgehead atoms. The molecule has 0 saturated heterocycles. The smallest absolute Gasteiger partial charge is 0.0979 e. The van der Waals surface area contributed by atoms with Gasteiger partial charge in [-0.1, -0.05) is 61.7 Å². The van der Waals surface area contributed by atoms with Gasteiger partial charge in [-0.2, -0.15) is 0 Å². The van der Waals surface area contributed by atoms with Gasteiger partial charge in [0.15, 0.2) is 0 Å². The molecule has 2 aromatic carbocycles. The molecule has 2 heteroatoms. The van der Waals surface area contributed by atoms with Crippen LogP contribution in [0.25, 0.3) is 10.8 Å². The number of rotatable bonds is 3. The van der Waals surface area contributed by atoms with Crippen molar-refractivity contribution in [1.29, 1.82) is 0 Å². The normalized spacial score (nSPS) is 19.8. The zero-order chi connectivity index (χ0) is 14.9. The minimum atomic E-state index is -0.432. The lowest BCUT2D eigenvalue weighted by Gasteiger charge is -2.46. The lowest BCUT2D eigenvalue weighted by atomic mass is 9.74. The molecule has 1 unspecified atom stereocenters. The van der Waals surface area contributed by atoms with Crippen molar-refractivity contribution in [3.05, 3.63) is 48.0 Å². The Morgan fingerprint density at radius 2 is 1.62 bits per heavy atom. The summed E-state index contributed by atoms with van der Waals surface area (Å²) in [6, 6.07) is 14.6. The second-order valence-corrected chi connectivity index (χ2v) is 6.53. The van der Waals surface area contributed by atoms with E-state index >= 15 is 0 Å². The molecule has 1 aliphatic carbocycles. The Morgan fingerprint density at radius 3 is 2.33 bits per heavy atom. The standard InChI is InChI=1S/C19H25NO/c1-20(2)19(13-6-3-7-14-19)18(21)17-12-8-10-15-9-4-5-11-16(15)17/h4-5,8-12,18,21H,3,6-7,13-14H2,1-2H3. The van der Waals surface area contributed by atoms with Gasteiger partial charge in [-0.15, -0.1) is 0 Å². The van der Waals surface area contributed by atoms with Crippen molar-refractivity contribution >= 4 is 10.8 Å². The van der Waals surface area contributed by atoms with Gasteiger partial charge in [0.2, 0.25) is 0 Å². The first-order valence-electron chi connectivity index (χ1n) is 7.98. The summed E-state index contributed by atoms with van der Waals surface area (Å²) < 4.78 is 0. The zero-order valence-corrected chi connectivity index (χ0v) is 13.0. The minimum Gasteiger partial charge on any atom is -0.386 e. The molecule has 2 aromatic rings. The summed E-state index contributed by atoms with van der Waals surface area (Å²) in [6.07, 6.45) is 5.42. The SMILES string of the molecule is CN(C)C1(C(O)c2cccc3ccccc23)CCCCC1. The molecular formula is C19H25NO. The molecule has 0 radical (unpaired) electrons. The summed E-state index contributed by atoms with van der Waals surface area (Å²) in [4.78, 5) is 2.25. The Labute approximate surface area is 127 Å². The van der Waals surface area contributed by atoms with Crippen molar-refractivity contribution in [3.63, 3.8) is 0 Å². The molecule has 1 fully saturated rings. The summed E-state index contributed by atoms with van der Waals surface area (Å²) >= 11 is 0. The van der Waals surface area contributed by atoms with Gasteiger partial charge in [-0.3, -0.25) is 0 Å². The predicted octanol–water partition coefficient (Wildman–Crippen LogP) is 4.14. The summed E-state index contributed by atoms with van der Waals surface area (Å²) in [5.41, 5.74) is 0.950. The second-order valence-electron chi connectivity index (χ2n) is 6.53. The minimum absolute atomic E-state index is 0.123. The lowest BCUT2D eigenvalue weighted by Crippen LogP contribution is -2.50. The number of hydrogen-bond acceptors (Lipinski definition) is 2. The number of aliphatic hydroxyl groups excluding tert-OH is 1. The number of nitrogens with zero attached hydrogens (tertiary/aromatic N) is 1. The van der Waals surface area contributed by atoms with E-state index in [0.29, 0.717) is 0 Å². The second kappa shape index (κ2) is 5.78. The molecule has 0 heterocycles. The number of aliphatic hydroxyl groups is 1. The van der Waals surface area contributed by atoms with Crippen molar-refractivity contribution in [3.8, 4) is 0 Å². The summed E-state index contributed by atoms with van der Waals surface area (Å²) in [5, 5.41) is 13.6. The van der Waals surface area contributed by atoms with Crippen LogP contribution in [0.5, 0.6) is 0 Å². The fourth-order valence-corrected chi connectivity index (χ4v) is 3.91. The first-order chi connectivity index (χ1) is 10.1. The molecule has 0 spiro atoms. The quantitative estimate of drug-likeness (QED) is 0.915. The largest absolute Gasteiger partial charge is 0.386 e. The Kier molecular flexibility index (Phi) is 4.01. The maximum Gasteiger partial charge on any atom is 0.0979 e. The zero-order valence-electron chi connectivity index (χ0n) is 13.0. The Bertz CT molecular complexity index is 608. The van der Waals surface area contributed by atoms with Gasteiger partial charge in [0.25, 0.3) is 0 Å². The van der Waals surface area contributed by atoms with Crippen LogP contribution >= 0.6 is 0 Å². The van der Waals surface area contributed by atoms with E-state index in [-0.39, 0.29) is 5.54 Å². The van der Waals surface area contributed by atoms with Gasteiger partial charge in [-0.25, -0.2) is 0 Å². The highest BCUT2D eigenvalue weighted by Gasteiger charge is 2.42. The number of fused-ring (bicyclic) bond motifs is 1. The molecule has 2 nitrogen and oxygen atoms in total. The average molecular weight is 283 g/mol. The van der Waals surface area contributed by atoms with Gasteiger partial charge in [0.05, 0.1) is 11.6 Å². The first-order valence-corrected chi connectivity index (χ1v) is 7.98. The van der Waals surface area contributed by atoms with Crippen molar-refractivity contribution in [2.75, 3.05) is 14.1 Å². The van der Waals surface area contributed by atoms with Crippen LogP contribution in [-0.4, -0.2) is 29.6 Å². The highest BCUT2D eigenvalue weighted by Crippen LogP contribution is 2.43. The number of likely N-dealkylation sites (N-methyl/N-ethyl adjacent to an activating group) is 1. The van der Waals surface area contributed by atoms with Crippen molar-refractivity contribution in [2.24, 2.45) is 0 Å². The molecule has 1 atom stereocenters. The third-order valence-electron chi connectivity index (χ3n) is 5.24. The maximum absolute atomic E-state index is 11.2. The Hall–Kier alpha value is -1.38. The van der Waals surface area contributed by atoms with Crippen molar-refractivity contribution in [1.82, 2.24) is 4.90 Å². The summed E-state index contributed by atoms with van der Waals surface area (Å²) in [6.45, 7) is 0. The van der Waals surface area contributed by atoms with Crippen LogP contribution in [0.3, 0.4) is 0 Å². The van der Waals surface area contributed by atoms with E-state index in [0.717, 1.165) is 18.4 Å². The van der Waals surface area contributed by atoms with Gasteiger partial charge >= 0.3 is 0 Å². The van der Waals surface area contributed by atoms with Gasteiger partial charge in [0.1, 0.15) is 0 Å². The molecule has 3 rings (SSSR count). The fraction of sp³-hybridized carbons (Fsp3) is 0.474. The Balaban J connectivity index is 2.08. The molecular weight excluding hydrogens is 258 g/mol. The average Bonchev–Trinajstić information content (AvgIpc) is 2.54. The predicted molar refractivity (Wildman–Crippen MR) is 88.4 cm³/mol. The Morgan fingerprint density at radius 1 is 0.952 bits per heavy atom. The molecule has 1 aliphatic rings. The molecule has 21 heavy (non-hydrogen) atoms. The highest BCUT2D eigenvalue weighted by atomic mass is 16.3. The monoisotopic (exact) mass is 283 g/mol. The van der Waals surface area contributed by atoms with E-state index < -0.39 is 6.10 Å². The van der Waals surface area contributed by atoms with Crippen LogP contribution < -0.4 is 0 Å². The highest BCUT2D eigenvalue weighted by molar-refractivity contribution is 5.86. The molecule has 112 valence electrons. The fourth-order valence-electron chi connectivity index (χ4n) is 3.91. The van der Waals surface area contributed by atoms with Gasteiger partial charge in [-0.05, 0) is 43.3 Å². The molecule has 0 aromatic heterocycles. The van der Waals surface area contributed by atoms with Crippen molar-refractivity contribution in [2.45, 2.75) is 43.7 Å². The van der Waals surface area contributed by atoms with E-state index in [1.165, 1.54) is 30.0 Å². The number of hydrogen-bond donors (Lipinski definition) is 1. The molecule has 0 amide bonds. The lowest BCUT2D eigenvalue weighted by molar-refractivity contribution is -0.0328. The van der Waals surface area contributed by atoms with E-state index in [1.54, 1.807) is 0 Å². The van der Waals surface area contributed by atoms with Crippen LogP contribution in [0.1, 0.15) is 43.8 Å². The number of benzene rings is 2. The van der Waals surface area contributed by atoms with Gasteiger partial charge < -0.3 is 10.0 Å². The van der Waals surface area contributed by atoms with E-state index in [1.807, 2.05) is 0 Å². The summed E-state index contributed by atoms with van der Waals surface area (Å²) in [5.74, 6) is 0. The van der Waals surface area contributed by atoms with Crippen LogP contribution in [0.2, 0.25) is 0 Å². The van der Waals surface area contributed by atoms with Crippen LogP contribution in [-0.2, 0) is 0 Å². The van der Waals surface area contributed by atoms with Crippen LogP contribution in [0.15, 0.2) is 42.5 Å². The van der Waals surface area contributed by atoms with Crippen molar-refractivity contribution < 1.29 is 5.11 Å². The topological polar surface area (TPSA) is 23.5 Å².